The molecule has 3 aromatic carbocycles. The summed E-state index contributed by atoms with van der Waals surface area (Å²) in [5, 5.41) is 2.82. The summed E-state index contributed by atoms with van der Waals surface area (Å²) >= 11 is 0. The van der Waals surface area contributed by atoms with Gasteiger partial charge in [0, 0.05) is 12.1 Å². The molecule has 6 nitrogen and oxygen atoms in total. The second-order valence-corrected chi connectivity index (χ2v) is 7.88. The molecular formula is C25H20FN3O3. The average molecular weight is 429 g/mol. The molecule has 7 heteroatoms. The van der Waals surface area contributed by atoms with Gasteiger partial charge in [-0.1, -0.05) is 42.5 Å². The molecule has 0 aromatic heterocycles. The van der Waals surface area contributed by atoms with E-state index in [0.717, 1.165) is 16.0 Å². The Morgan fingerprint density at radius 3 is 2.22 bits per heavy atom. The molecule has 0 unspecified atom stereocenters. The maximum absolute atomic E-state index is 13.3. The first-order chi connectivity index (χ1) is 15.5. The molecule has 0 aliphatic carbocycles. The molecule has 0 bridgehead atoms. The van der Waals surface area contributed by atoms with Gasteiger partial charge in [0.15, 0.2) is 0 Å². The predicted molar refractivity (Wildman–Crippen MR) is 118 cm³/mol. The van der Waals surface area contributed by atoms with Crippen molar-refractivity contribution in [2.24, 2.45) is 0 Å². The number of likely N-dealkylation sites (tertiary alicyclic amines) is 1. The van der Waals surface area contributed by atoms with Crippen LogP contribution < -0.4 is 10.2 Å². The molecule has 1 N–H and O–H groups in total. The molecule has 2 fully saturated rings. The first kappa shape index (κ1) is 19.9. The van der Waals surface area contributed by atoms with Gasteiger partial charge in [-0.2, -0.15) is 0 Å². The summed E-state index contributed by atoms with van der Waals surface area (Å²) in [5.41, 5.74) is 2.78. The van der Waals surface area contributed by atoms with Crippen LogP contribution in [0.4, 0.5) is 14.9 Å². The highest BCUT2D eigenvalue weighted by atomic mass is 19.1. The third kappa shape index (κ3) is 3.41. The zero-order valence-corrected chi connectivity index (χ0v) is 17.1. The Morgan fingerprint density at radius 1 is 0.875 bits per heavy atom. The van der Waals surface area contributed by atoms with Crippen molar-refractivity contribution < 1.29 is 18.8 Å². The molecular weight excluding hydrogens is 409 g/mol. The van der Waals surface area contributed by atoms with Crippen LogP contribution in [0.25, 0.3) is 11.1 Å². The highest BCUT2D eigenvalue weighted by Gasteiger charge is 2.50. The fourth-order valence-corrected chi connectivity index (χ4v) is 4.37. The predicted octanol–water partition coefficient (Wildman–Crippen LogP) is 3.83. The van der Waals surface area contributed by atoms with Crippen LogP contribution in [0, 0.1) is 5.82 Å². The fraction of sp³-hybridized carbons (Fsp3) is 0.160. The molecule has 4 amide bonds. The highest BCUT2D eigenvalue weighted by Crippen LogP contribution is 2.29. The van der Waals surface area contributed by atoms with Gasteiger partial charge >= 0.3 is 6.03 Å². The van der Waals surface area contributed by atoms with Gasteiger partial charge in [0.05, 0.1) is 11.7 Å². The maximum atomic E-state index is 13.3. The lowest BCUT2D eigenvalue weighted by Crippen LogP contribution is -2.65. The van der Waals surface area contributed by atoms with E-state index < -0.39 is 29.8 Å². The number of anilines is 1. The number of fused-ring (bicyclic) bond motifs is 1. The maximum Gasteiger partial charge on any atom is 0.329 e. The minimum Gasteiger partial charge on any atom is -0.332 e. The molecule has 0 saturated carbocycles. The van der Waals surface area contributed by atoms with E-state index in [4.69, 9.17) is 0 Å². The van der Waals surface area contributed by atoms with Crippen molar-refractivity contribution in [1.82, 2.24) is 10.2 Å². The Bertz CT molecular complexity index is 1180. The van der Waals surface area contributed by atoms with Gasteiger partial charge in [-0.3, -0.25) is 9.59 Å². The molecule has 3 aromatic rings. The first-order valence-corrected chi connectivity index (χ1v) is 10.4. The normalized spacial score (nSPS) is 20.2. The topological polar surface area (TPSA) is 69.7 Å². The van der Waals surface area contributed by atoms with Crippen molar-refractivity contribution in [2.75, 3.05) is 11.4 Å². The van der Waals surface area contributed by atoms with Crippen molar-refractivity contribution in [1.29, 1.82) is 0 Å². The lowest BCUT2D eigenvalue weighted by atomic mass is 10.0. The quantitative estimate of drug-likeness (QED) is 0.688. The second kappa shape index (κ2) is 7.92. The van der Waals surface area contributed by atoms with E-state index in [9.17, 15) is 18.8 Å². The number of halogens is 1. The number of hydrogen-bond donors (Lipinski definition) is 1. The monoisotopic (exact) mass is 429 g/mol. The minimum absolute atomic E-state index is 0.263. The Kier molecular flexibility index (Phi) is 4.93. The molecule has 32 heavy (non-hydrogen) atoms. The van der Waals surface area contributed by atoms with Crippen LogP contribution in [-0.2, 0) is 4.79 Å². The van der Waals surface area contributed by atoms with Crippen LogP contribution in [0.5, 0.6) is 0 Å². The Balaban J connectivity index is 1.40. The zero-order chi connectivity index (χ0) is 22.2. The molecule has 2 saturated heterocycles. The highest BCUT2D eigenvalue weighted by molar-refractivity contribution is 6.19. The fourth-order valence-electron chi connectivity index (χ4n) is 4.37. The lowest BCUT2D eigenvalue weighted by molar-refractivity contribution is -0.122. The number of carbonyl (C=O) groups is 3. The van der Waals surface area contributed by atoms with E-state index >= 15 is 0 Å². The Labute approximate surface area is 184 Å². The molecule has 2 aliphatic rings. The second-order valence-electron chi connectivity index (χ2n) is 7.88. The number of urea groups is 1. The molecule has 5 rings (SSSR count). The number of hydrogen-bond acceptors (Lipinski definition) is 3. The first-order valence-electron chi connectivity index (χ1n) is 10.4. The van der Waals surface area contributed by atoms with Crippen molar-refractivity contribution in [3.63, 3.8) is 0 Å². The number of nitrogens with one attached hydrogen (secondary N) is 1. The number of amides is 4. The van der Waals surface area contributed by atoms with E-state index in [1.54, 1.807) is 12.1 Å². The third-order valence-corrected chi connectivity index (χ3v) is 5.97. The van der Waals surface area contributed by atoms with E-state index in [1.807, 2.05) is 42.5 Å². The lowest BCUT2D eigenvalue weighted by Gasteiger charge is -2.36. The van der Waals surface area contributed by atoms with Gasteiger partial charge in [0.2, 0.25) is 0 Å². The van der Waals surface area contributed by atoms with Crippen molar-refractivity contribution in [3.05, 3.63) is 90.2 Å². The van der Waals surface area contributed by atoms with Crippen LogP contribution >= 0.6 is 0 Å². The van der Waals surface area contributed by atoms with Gasteiger partial charge in [0.1, 0.15) is 11.9 Å². The smallest absolute Gasteiger partial charge is 0.329 e. The number of carbonyl (C=O) groups excluding carboxylic acids is 3. The van der Waals surface area contributed by atoms with E-state index in [1.165, 1.54) is 29.2 Å². The summed E-state index contributed by atoms with van der Waals surface area (Å²) in [5.74, 6) is -1.22. The number of benzene rings is 3. The van der Waals surface area contributed by atoms with Gasteiger partial charge < -0.3 is 10.2 Å². The molecule has 2 aliphatic heterocycles. The number of rotatable bonds is 3. The molecule has 2 atom stereocenters. The SMILES string of the molecule is O=C1N[C@@H]2CCN(C(=O)c3ccc(-c4ccccc4)cc3)[C@@H]2C(=O)N1c1ccc(F)cc1. The summed E-state index contributed by atoms with van der Waals surface area (Å²) in [7, 11) is 0. The van der Waals surface area contributed by atoms with E-state index in [0.29, 0.717) is 18.5 Å². The van der Waals surface area contributed by atoms with Crippen LogP contribution in [0.1, 0.15) is 16.8 Å². The molecule has 2 heterocycles. The Hall–Kier alpha value is -4.00. The average Bonchev–Trinajstić information content (AvgIpc) is 3.24. The summed E-state index contributed by atoms with van der Waals surface area (Å²) in [6, 6.07) is 20.4. The largest absolute Gasteiger partial charge is 0.332 e. The van der Waals surface area contributed by atoms with Crippen LogP contribution in [0.15, 0.2) is 78.9 Å². The summed E-state index contributed by atoms with van der Waals surface area (Å²) < 4.78 is 13.3. The van der Waals surface area contributed by atoms with Crippen LogP contribution in [0.3, 0.4) is 0 Å². The summed E-state index contributed by atoms with van der Waals surface area (Å²) in [4.78, 5) is 41.6. The van der Waals surface area contributed by atoms with Crippen LogP contribution in [0.2, 0.25) is 0 Å². The van der Waals surface area contributed by atoms with Gasteiger partial charge in [-0.25, -0.2) is 14.1 Å². The van der Waals surface area contributed by atoms with E-state index in [-0.39, 0.29) is 11.6 Å². The number of nitrogens with zero attached hydrogens (tertiary/aromatic N) is 2. The van der Waals surface area contributed by atoms with Gasteiger partial charge in [-0.05, 0) is 53.9 Å². The zero-order valence-electron chi connectivity index (χ0n) is 17.1. The van der Waals surface area contributed by atoms with Gasteiger partial charge in [0.25, 0.3) is 11.8 Å². The molecule has 0 radical (unpaired) electrons. The minimum atomic E-state index is -0.806. The standard InChI is InChI=1S/C25H20FN3O3/c26-19-10-12-20(13-11-19)29-24(31)22-21(27-25(29)32)14-15-28(22)23(30)18-8-6-17(7-9-18)16-4-2-1-3-5-16/h1-13,21-22H,14-15H2,(H,27,32)/t21-,22+/m1/s1. The van der Waals surface area contributed by atoms with E-state index in [2.05, 4.69) is 5.32 Å². The van der Waals surface area contributed by atoms with Crippen molar-refractivity contribution in [2.45, 2.75) is 18.5 Å². The van der Waals surface area contributed by atoms with Crippen molar-refractivity contribution >= 4 is 23.5 Å². The molecule has 0 spiro atoms. The Morgan fingerprint density at radius 2 is 1.53 bits per heavy atom. The summed E-state index contributed by atoms with van der Waals surface area (Å²) in [6.45, 7) is 0.359. The molecule has 160 valence electrons. The van der Waals surface area contributed by atoms with Crippen molar-refractivity contribution in [3.8, 4) is 11.1 Å². The summed E-state index contributed by atoms with van der Waals surface area (Å²) in [6.07, 6.45) is 0.493. The number of imide groups is 1. The van der Waals surface area contributed by atoms with Gasteiger partial charge in [-0.15, -0.1) is 0 Å². The third-order valence-electron chi connectivity index (χ3n) is 5.97. The van der Waals surface area contributed by atoms with Crippen LogP contribution in [-0.4, -0.2) is 41.4 Å².